The summed E-state index contributed by atoms with van der Waals surface area (Å²) in [6, 6.07) is 10.1. The highest BCUT2D eigenvalue weighted by molar-refractivity contribution is 5.93. The maximum absolute atomic E-state index is 12.3. The Morgan fingerprint density at radius 2 is 1.70 bits per heavy atom. The van der Waals surface area contributed by atoms with Crippen molar-refractivity contribution in [2.45, 2.75) is 40.8 Å². The molecule has 0 bridgehead atoms. The second-order valence-corrected chi connectivity index (χ2v) is 7.31. The quantitative estimate of drug-likeness (QED) is 0.605. The van der Waals surface area contributed by atoms with Crippen LogP contribution in [-0.4, -0.2) is 38.0 Å². The Kier molecular flexibility index (Phi) is 6.34. The molecule has 0 aliphatic carbocycles. The first-order chi connectivity index (χ1) is 14.3. The third-order valence-corrected chi connectivity index (χ3v) is 5.22. The summed E-state index contributed by atoms with van der Waals surface area (Å²) >= 11 is 0. The number of ether oxygens (including phenoxy) is 1. The second kappa shape index (κ2) is 8.94. The molecular weight excluding hydrogens is 382 g/mol. The summed E-state index contributed by atoms with van der Waals surface area (Å²) in [5, 5.41) is 11.6. The molecule has 0 aliphatic heterocycles. The first kappa shape index (κ1) is 21.3. The normalized spacial score (nSPS) is 10.8. The fourth-order valence-electron chi connectivity index (χ4n) is 3.41. The predicted octanol–water partition coefficient (Wildman–Crippen LogP) is 2.37. The van der Waals surface area contributed by atoms with Gasteiger partial charge in [0.1, 0.15) is 5.56 Å². The number of aromatic nitrogens is 4. The average Bonchev–Trinajstić information content (AvgIpc) is 3.12. The highest BCUT2D eigenvalue weighted by atomic mass is 16.5. The van der Waals surface area contributed by atoms with E-state index in [1.165, 1.54) is 0 Å². The van der Waals surface area contributed by atoms with Crippen LogP contribution in [0.3, 0.4) is 0 Å². The van der Waals surface area contributed by atoms with Gasteiger partial charge in [0, 0.05) is 30.5 Å². The summed E-state index contributed by atoms with van der Waals surface area (Å²) in [6.07, 6.45) is 0. The highest BCUT2D eigenvalue weighted by Crippen LogP contribution is 2.15. The third-order valence-electron chi connectivity index (χ3n) is 5.22. The molecule has 0 saturated heterocycles. The van der Waals surface area contributed by atoms with Gasteiger partial charge in [0.15, 0.2) is 6.61 Å². The Labute approximate surface area is 175 Å². The number of esters is 1. The molecule has 158 valence electrons. The fourth-order valence-corrected chi connectivity index (χ4v) is 3.41. The number of benzene rings is 1. The van der Waals surface area contributed by atoms with E-state index >= 15 is 0 Å². The minimum Gasteiger partial charge on any atom is -0.452 e. The molecule has 0 fully saturated rings. The van der Waals surface area contributed by atoms with E-state index in [0.717, 1.165) is 22.5 Å². The zero-order valence-corrected chi connectivity index (χ0v) is 18.0. The molecule has 0 aliphatic rings. The van der Waals surface area contributed by atoms with Gasteiger partial charge in [-0.2, -0.15) is 10.2 Å². The minimum absolute atomic E-state index is 0.327. The van der Waals surface area contributed by atoms with Gasteiger partial charge >= 0.3 is 5.97 Å². The Hall–Kier alpha value is -3.42. The summed E-state index contributed by atoms with van der Waals surface area (Å²) in [6.45, 7) is 8.08. The van der Waals surface area contributed by atoms with E-state index in [2.05, 4.69) is 27.6 Å². The van der Waals surface area contributed by atoms with Crippen molar-refractivity contribution in [1.29, 1.82) is 0 Å². The first-order valence-corrected chi connectivity index (χ1v) is 9.78. The molecule has 2 aromatic heterocycles. The molecule has 1 aromatic carbocycles. The highest BCUT2D eigenvalue weighted by Gasteiger charge is 2.20. The predicted molar refractivity (Wildman–Crippen MR) is 112 cm³/mol. The number of nitrogens with one attached hydrogen (secondary N) is 1. The lowest BCUT2D eigenvalue weighted by Crippen LogP contribution is -2.29. The number of nitrogens with zero attached hydrogens (tertiary/aromatic N) is 4. The minimum atomic E-state index is -0.545. The number of carbonyl (C=O) groups excluding carboxylic acids is 2. The molecule has 2 heterocycles. The SMILES string of the molecule is Cc1nn(Cc2ccccc2)c(C)c1CNC(=O)COC(=O)c1c(C)nn(C)c1C. The van der Waals surface area contributed by atoms with Crippen LogP contribution in [0.1, 0.15) is 44.3 Å². The second-order valence-electron chi connectivity index (χ2n) is 7.31. The summed E-state index contributed by atoms with van der Waals surface area (Å²) in [5.41, 5.74) is 5.67. The van der Waals surface area contributed by atoms with E-state index in [-0.39, 0.29) is 12.5 Å². The van der Waals surface area contributed by atoms with Crippen molar-refractivity contribution in [3.8, 4) is 0 Å². The van der Waals surface area contributed by atoms with Crippen LogP contribution in [0.15, 0.2) is 30.3 Å². The molecule has 0 atom stereocenters. The zero-order valence-electron chi connectivity index (χ0n) is 18.0. The Morgan fingerprint density at radius 1 is 1.00 bits per heavy atom. The van der Waals surface area contributed by atoms with E-state index in [1.54, 1.807) is 25.6 Å². The van der Waals surface area contributed by atoms with Gasteiger partial charge in [0.05, 0.1) is 17.9 Å². The molecular formula is C22H27N5O3. The number of rotatable bonds is 7. The van der Waals surface area contributed by atoms with E-state index in [1.807, 2.05) is 36.7 Å². The molecule has 1 N–H and O–H groups in total. The summed E-state index contributed by atoms with van der Waals surface area (Å²) in [4.78, 5) is 24.5. The van der Waals surface area contributed by atoms with Gasteiger partial charge < -0.3 is 10.1 Å². The topological polar surface area (TPSA) is 91.0 Å². The number of hydrogen-bond donors (Lipinski definition) is 1. The lowest BCUT2D eigenvalue weighted by atomic mass is 10.2. The van der Waals surface area contributed by atoms with Crippen molar-refractivity contribution in [2.24, 2.45) is 7.05 Å². The molecule has 8 heteroatoms. The fraction of sp³-hybridized carbons (Fsp3) is 0.364. The van der Waals surface area contributed by atoms with E-state index in [4.69, 9.17) is 4.74 Å². The van der Waals surface area contributed by atoms with Gasteiger partial charge in [0.25, 0.3) is 5.91 Å². The zero-order chi connectivity index (χ0) is 21.8. The summed E-state index contributed by atoms with van der Waals surface area (Å²) in [5.74, 6) is -0.909. The number of amides is 1. The Bertz CT molecular complexity index is 1070. The van der Waals surface area contributed by atoms with Crippen LogP contribution < -0.4 is 5.32 Å². The summed E-state index contributed by atoms with van der Waals surface area (Å²) in [7, 11) is 1.76. The monoisotopic (exact) mass is 409 g/mol. The van der Waals surface area contributed by atoms with Gasteiger partial charge in [-0.15, -0.1) is 0 Å². The van der Waals surface area contributed by atoms with Crippen LogP contribution >= 0.6 is 0 Å². The van der Waals surface area contributed by atoms with E-state index < -0.39 is 5.97 Å². The van der Waals surface area contributed by atoms with Gasteiger partial charge in [-0.05, 0) is 33.3 Å². The van der Waals surface area contributed by atoms with Crippen molar-refractivity contribution >= 4 is 11.9 Å². The van der Waals surface area contributed by atoms with Crippen LogP contribution in [-0.2, 0) is 29.7 Å². The number of aryl methyl sites for hydroxylation is 3. The summed E-state index contributed by atoms with van der Waals surface area (Å²) < 4.78 is 8.72. The van der Waals surface area contributed by atoms with Crippen LogP contribution in [0.4, 0.5) is 0 Å². The van der Waals surface area contributed by atoms with E-state index in [9.17, 15) is 9.59 Å². The van der Waals surface area contributed by atoms with E-state index in [0.29, 0.717) is 30.0 Å². The molecule has 8 nitrogen and oxygen atoms in total. The van der Waals surface area contributed by atoms with Crippen molar-refractivity contribution < 1.29 is 14.3 Å². The Morgan fingerprint density at radius 3 is 2.33 bits per heavy atom. The van der Waals surface area contributed by atoms with Gasteiger partial charge in [0.2, 0.25) is 0 Å². The average molecular weight is 409 g/mol. The Balaban J connectivity index is 1.56. The lowest BCUT2D eigenvalue weighted by molar-refractivity contribution is -0.124. The first-order valence-electron chi connectivity index (χ1n) is 9.78. The van der Waals surface area contributed by atoms with Gasteiger partial charge in [-0.25, -0.2) is 4.79 Å². The molecule has 3 rings (SSSR count). The molecule has 1 amide bonds. The molecule has 0 radical (unpaired) electrons. The van der Waals surface area contributed by atoms with Crippen LogP contribution in [0.5, 0.6) is 0 Å². The van der Waals surface area contributed by atoms with Crippen molar-refractivity contribution in [3.63, 3.8) is 0 Å². The van der Waals surface area contributed by atoms with Crippen LogP contribution in [0.25, 0.3) is 0 Å². The molecule has 0 unspecified atom stereocenters. The largest absolute Gasteiger partial charge is 0.452 e. The van der Waals surface area contributed by atoms with Crippen molar-refractivity contribution in [1.82, 2.24) is 24.9 Å². The standard InChI is InChI=1S/C22H27N5O3/c1-14-19(16(3)27(25-14)12-18-9-7-6-8-10-18)11-23-20(28)13-30-22(29)21-15(2)24-26(5)17(21)4/h6-10H,11-13H2,1-5H3,(H,23,28). The third kappa shape index (κ3) is 4.59. The molecule has 3 aromatic rings. The van der Waals surface area contributed by atoms with Gasteiger partial charge in [-0.1, -0.05) is 30.3 Å². The van der Waals surface area contributed by atoms with Crippen LogP contribution in [0.2, 0.25) is 0 Å². The number of hydrogen-bond acceptors (Lipinski definition) is 5. The maximum atomic E-state index is 12.3. The lowest BCUT2D eigenvalue weighted by Gasteiger charge is -2.08. The smallest absolute Gasteiger partial charge is 0.342 e. The van der Waals surface area contributed by atoms with Crippen molar-refractivity contribution in [3.05, 3.63) is 69.8 Å². The number of carbonyl (C=O) groups is 2. The molecule has 30 heavy (non-hydrogen) atoms. The van der Waals surface area contributed by atoms with Gasteiger partial charge in [-0.3, -0.25) is 14.2 Å². The van der Waals surface area contributed by atoms with Crippen LogP contribution in [0, 0.1) is 27.7 Å². The molecule has 0 spiro atoms. The van der Waals surface area contributed by atoms with Crippen molar-refractivity contribution in [2.75, 3.05) is 6.61 Å². The molecule has 0 saturated carbocycles. The maximum Gasteiger partial charge on any atom is 0.342 e.